The molecule has 0 radical (unpaired) electrons. The van der Waals surface area contributed by atoms with Gasteiger partial charge in [-0.25, -0.2) is 0 Å². The Balaban J connectivity index is 4.42. The standard InChI is InChI=1S/C41H78NO8P/c1-6-8-10-12-14-16-18-20-21-22-24-26-28-30-32-34-41(44)50-39(38-49-51(45,46)48-36-35-42(3,4)5)37-47-40(43)33-31-29-27-25-23-19-17-15-13-11-9-7-2/h15,17,20-21,39H,6-14,16,18-19,22-38H2,1-5H3/b17-15+,21-20+/t39-/m1/s1. The second kappa shape index (κ2) is 34.3. The Labute approximate surface area is 313 Å². The van der Waals surface area contributed by atoms with Gasteiger partial charge in [0.05, 0.1) is 27.7 Å². The topological polar surface area (TPSA) is 111 Å². The van der Waals surface area contributed by atoms with E-state index in [1.165, 1.54) is 70.6 Å². The van der Waals surface area contributed by atoms with Crippen molar-refractivity contribution in [1.82, 2.24) is 0 Å². The second-order valence-electron chi connectivity index (χ2n) is 15.0. The van der Waals surface area contributed by atoms with Gasteiger partial charge in [-0.1, -0.05) is 122 Å². The highest BCUT2D eigenvalue weighted by molar-refractivity contribution is 7.45. The van der Waals surface area contributed by atoms with Gasteiger partial charge in [-0.3, -0.25) is 14.2 Å². The van der Waals surface area contributed by atoms with Crippen molar-refractivity contribution in [3.05, 3.63) is 24.3 Å². The first-order chi connectivity index (χ1) is 24.5. The SMILES string of the molecule is CCCCC/C=C/CCCCCCCC(=O)OC[C@H](COP(=O)([O-])OCC[N+](C)(C)C)OC(=O)CCCCCCC/C=C/CCCCCCCC. The molecule has 2 atom stereocenters. The van der Waals surface area contributed by atoms with Gasteiger partial charge in [-0.05, 0) is 64.2 Å². The maximum absolute atomic E-state index is 12.6. The summed E-state index contributed by atoms with van der Waals surface area (Å²) in [4.78, 5) is 37.4. The average Bonchev–Trinajstić information content (AvgIpc) is 3.07. The van der Waals surface area contributed by atoms with Crippen molar-refractivity contribution >= 4 is 19.8 Å². The number of nitrogens with zero attached hydrogens (tertiary/aromatic N) is 1. The highest BCUT2D eigenvalue weighted by Crippen LogP contribution is 2.38. The molecule has 0 fully saturated rings. The van der Waals surface area contributed by atoms with Crippen LogP contribution in [0.1, 0.15) is 174 Å². The minimum atomic E-state index is -4.62. The van der Waals surface area contributed by atoms with Crippen molar-refractivity contribution in [3.63, 3.8) is 0 Å². The van der Waals surface area contributed by atoms with Crippen molar-refractivity contribution < 1.29 is 42.1 Å². The van der Waals surface area contributed by atoms with E-state index < -0.39 is 32.5 Å². The van der Waals surface area contributed by atoms with Crippen LogP contribution in [-0.4, -0.2) is 70.0 Å². The lowest BCUT2D eigenvalue weighted by atomic mass is 10.1. The molecule has 0 saturated carbocycles. The molecule has 0 aliphatic rings. The molecule has 0 saturated heterocycles. The summed E-state index contributed by atoms with van der Waals surface area (Å²) in [6, 6.07) is 0. The van der Waals surface area contributed by atoms with Gasteiger partial charge >= 0.3 is 11.9 Å². The van der Waals surface area contributed by atoms with Crippen LogP contribution in [0, 0.1) is 0 Å². The van der Waals surface area contributed by atoms with Crippen LogP contribution in [0.15, 0.2) is 24.3 Å². The molecule has 0 aliphatic carbocycles. The maximum atomic E-state index is 12.6. The zero-order chi connectivity index (χ0) is 37.9. The van der Waals surface area contributed by atoms with Gasteiger partial charge in [0.15, 0.2) is 6.10 Å². The highest BCUT2D eigenvalue weighted by atomic mass is 31.2. The quantitative estimate of drug-likeness (QED) is 0.0203. The molecular formula is C41H78NO8P. The summed E-state index contributed by atoms with van der Waals surface area (Å²) in [7, 11) is 1.16. The van der Waals surface area contributed by atoms with Gasteiger partial charge in [0.1, 0.15) is 19.8 Å². The molecule has 10 heteroatoms. The lowest BCUT2D eigenvalue weighted by Crippen LogP contribution is -2.37. The number of phosphoric acid groups is 1. The van der Waals surface area contributed by atoms with Gasteiger partial charge in [0.25, 0.3) is 7.82 Å². The smallest absolute Gasteiger partial charge is 0.306 e. The fourth-order valence-corrected chi connectivity index (χ4v) is 6.14. The van der Waals surface area contributed by atoms with Crippen LogP contribution in [0.25, 0.3) is 0 Å². The predicted octanol–water partition coefficient (Wildman–Crippen LogP) is 10.6. The number of carbonyl (C=O) groups excluding carboxylic acids is 2. The minimum Gasteiger partial charge on any atom is -0.756 e. The monoisotopic (exact) mass is 744 g/mol. The molecule has 0 aromatic heterocycles. The zero-order valence-corrected chi connectivity index (χ0v) is 34.4. The number of ether oxygens (including phenoxy) is 2. The Hall–Kier alpha value is -1.51. The van der Waals surface area contributed by atoms with Crippen LogP contribution in [0.3, 0.4) is 0 Å². The minimum absolute atomic E-state index is 0.0328. The lowest BCUT2D eigenvalue weighted by molar-refractivity contribution is -0.870. The van der Waals surface area contributed by atoms with E-state index >= 15 is 0 Å². The number of hydrogen-bond donors (Lipinski definition) is 0. The Morgan fingerprint density at radius 1 is 0.588 bits per heavy atom. The summed E-state index contributed by atoms with van der Waals surface area (Å²) in [5, 5.41) is 0. The molecule has 0 aromatic rings. The fourth-order valence-electron chi connectivity index (χ4n) is 5.41. The Morgan fingerprint density at radius 3 is 1.49 bits per heavy atom. The average molecular weight is 744 g/mol. The maximum Gasteiger partial charge on any atom is 0.306 e. The Bertz CT molecular complexity index is 933. The van der Waals surface area contributed by atoms with Crippen LogP contribution >= 0.6 is 7.82 Å². The number of phosphoric ester groups is 1. The number of unbranched alkanes of at least 4 members (excludes halogenated alkanes) is 19. The number of allylic oxidation sites excluding steroid dienone is 4. The Morgan fingerprint density at radius 2 is 1.00 bits per heavy atom. The van der Waals surface area contributed by atoms with Gasteiger partial charge in [0.2, 0.25) is 0 Å². The van der Waals surface area contributed by atoms with Gasteiger partial charge in [0, 0.05) is 12.8 Å². The van der Waals surface area contributed by atoms with Crippen molar-refractivity contribution in [1.29, 1.82) is 0 Å². The molecular weight excluding hydrogens is 665 g/mol. The highest BCUT2D eigenvalue weighted by Gasteiger charge is 2.21. The normalized spacial score (nSPS) is 13.9. The molecule has 0 aromatic carbocycles. The van der Waals surface area contributed by atoms with Crippen molar-refractivity contribution in [3.8, 4) is 0 Å². The van der Waals surface area contributed by atoms with Crippen LogP contribution in [0.5, 0.6) is 0 Å². The summed E-state index contributed by atoms with van der Waals surface area (Å²) < 4.78 is 33.8. The van der Waals surface area contributed by atoms with E-state index in [2.05, 4.69) is 38.2 Å². The van der Waals surface area contributed by atoms with Gasteiger partial charge in [-0.2, -0.15) is 0 Å². The molecule has 0 rings (SSSR count). The molecule has 300 valence electrons. The fraction of sp³-hybridized carbons (Fsp3) is 0.854. The first-order valence-electron chi connectivity index (χ1n) is 20.5. The van der Waals surface area contributed by atoms with E-state index in [4.69, 9.17) is 18.5 Å². The van der Waals surface area contributed by atoms with Crippen LogP contribution in [-0.2, 0) is 32.7 Å². The summed E-state index contributed by atoms with van der Waals surface area (Å²) in [5.74, 6) is -0.854. The van der Waals surface area contributed by atoms with Crippen LogP contribution < -0.4 is 4.89 Å². The van der Waals surface area contributed by atoms with E-state index in [0.29, 0.717) is 17.4 Å². The zero-order valence-electron chi connectivity index (χ0n) is 33.6. The van der Waals surface area contributed by atoms with Crippen LogP contribution in [0.4, 0.5) is 0 Å². The van der Waals surface area contributed by atoms with Crippen LogP contribution in [0.2, 0.25) is 0 Å². The van der Waals surface area contributed by atoms with Crippen molar-refractivity contribution in [2.24, 2.45) is 0 Å². The first-order valence-corrected chi connectivity index (χ1v) is 22.0. The second-order valence-corrected chi connectivity index (χ2v) is 16.4. The van der Waals surface area contributed by atoms with Crippen molar-refractivity contribution in [2.45, 2.75) is 180 Å². The molecule has 0 N–H and O–H groups in total. The molecule has 1 unspecified atom stereocenters. The van der Waals surface area contributed by atoms with E-state index in [0.717, 1.165) is 70.6 Å². The number of quaternary nitrogens is 1. The van der Waals surface area contributed by atoms with E-state index in [9.17, 15) is 19.0 Å². The summed E-state index contributed by atoms with van der Waals surface area (Å²) in [6.07, 6.45) is 34.8. The number of rotatable bonds is 37. The lowest BCUT2D eigenvalue weighted by Gasteiger charge is -2.28. The molecule has 0 bridgehead atoms. The predicted molar refractivity (Wildman–Crippen MR) is 208 cm³/mol. The third kappa shape index (κ3) is 38.0. The number of likely N-dealkylation sites (N-methyl/N-ethyl adjacent to an activating group) is 1. The number of hydrogen-bond acceptors (Lipinski definition) is 8. The first kappa shape index (κ1) is 49.5. The molecule has 0 aliphatic heterocycles. The molecule has 9 nitrogen and oxygen atoms in total. The molecule has 0 amide bonds. The van der Waals surface area contributed by atoms with E-state index in [1.807, 2.05) is 21.1 Å². The largest absolute Gasteiger partial charge is 0.756 e. The molecule has 0 heterocycles. The number of carbonyl (C=O) groups is 2. The van der Waals surface area contributed by atoms with Gasteiger partial charge in [-0.15, -0.1) is 0 Å². The third-order valence-corrected chi connectivity index (χ3v) is 9.66. The molecule has 51 heavy (non-hydrogen) atoms. The molecule has 0 spiro atoms. The van der Waals surface area contributed by atoms with E-state index in [1.54, 1.807) is 0 Å². The Kier molecular flexibility index (Phi) is 33.3. The summed E-state index contributed by atoms with van der Waals surface area (Å²) in [6.45, 7) is 4.17. The van der Waals surface area contributed by atoms with E-state index in [-0.39, 0.29) is 26.1 Å². The van der Waals surface area contributed by atoms with Crippen molar-refractivity contribution in [2.75, 3.05) is 47.5 Å². The summed E-state index contributed by atoms with van der Waals surface area (Å²) >= 11 is 0. The third-order valence-electron chi connectivity index (χ3n) is 8.69. The summed E-state index contributed by atoms with van der Waals surface area (Å²) in [5.41, 5.74) is 0. The number of esters is 2. The van der Waals surface area contributed by atoms with Gasteiger partial charge < -0.3 is 27.9 Å².